The lowest BCUT2D eigenvalue weighted by atomic mass is 10.1. The molecule has 9 heteroatoms. The second kappa shape index (κ2) is 7.83. The SMILES string of the molecule is Cc1c(C(=O)N2CC[C@H](N)C2)nc(-c2ccc(C#N)c(F)c2)n1-c1ccc2cn(C)nc2c1. The Labute approximate surface area is 189 Å². The van der Waals surface area contributed by atoms with Crippen molar-refractivity contribution >= 4 is 16.8 Å². The molecule has 0 unspecified atom stereocenters. The molecule has 0 bridgehead atoms. The quantitative estimate of drug-likeness (QED) is 0.524. The standard InChI is InChI=1S/C24H22FN7O/c1-14-22(24(33)31-8-7-18(27)13-31)28-23(15-3-4-16(11-26)20(25)9-15)32(14)19-6-5-17-12-30(2)29-21(17)10-19/h3-6,9-10,12,18H,7-8,13,27H2,1-2H3/t18-/m0/s1. The number of hydrogen-bond acceptors (Lipinski definition) is 5. The topological polar surface area (TPSA) is 106 Å². The van der Waals surface area contributed by atoms with Crippen molar-refractivity contribution in [2.24, 2.45) is 12.8 Å². The monoisotopic (exact) mass is 443 g/mol. The Hall–Kier alpha value is -4.03. The molecule has 8 nitrogen and oxygen atoms in total. The summed E-state index contributed by atoms with van der Waals surface area (Å²) in [5, 5.41) is 14.6. The van der Waals surface area contributed by atoms with Crippen LogP contribution in [0.25, 0.3) is 28.0 Å². The molecule has 1 aliphatic heterocycles. The molecule has 0 saturated carbocycles. The van der Waals surface area contributed by atoms with Crippen LogP contribution in [-0.4, -0.2) is 49.3 Å². The van der Waals surface area contributed by atoms with E-state index >= 15 is 0 Å². The van der Waals surface area contributed by atoms with E-state index in [-0.39, 0.29) is 17.5 Å². The molecule has 0 radical (unpaired) electrons. The second-order valence-electron chi connectivity index (χ2n) is 8.36. The number of amides is 1. The van der Waals surface area contributed by atoms with Gasteiger partial charge in [-0.2, -0.15) is 10.4 Å². The van der Waals surface area contributed by atoms with E-state index in [0.717, 1.165) is 23.0 Å². The van der Waals surface area contributed by atoms with Crippen molar-refractivity contribution in [2.75, 3.05) is 13.1 Å². The Morgan fingerprint density at radius 1 is 1.27 bits per heavy atom. The molecule has 2 N–H and O–H groups in total. The van der Waals surface area contributed by atoms with Gasteiger partial charge in [-0.05, 0) is 49.7 Å². The highest BCUT2D eigenvalue weighted by Gasteiger charge is 2.30. The van der Waals surface area contributed by atoms with E-state index in [2.05, 4.69) is 10.1 Å². The van der Waals surface area contributed by atoms with Crippen LogP contribution in [0.2, 0.25) is 0 Å². The number of rotatable bonds is 3. The molecule has 0 spiro atoms. The number of imidazole rings is 1. The smallest absolute Gasteiger partial charge is 0.274 e. The lowest BCUT2D eigenvalue weighted by Gasteiger charge is -2.15. The molecule has 2 aromatic heterocycles. The first kappa shape index (κ1) is 20.8. The third-order valence-electron chi connectivity index (χ3n) is 6.03. The van der Waals surface area contributed by atoms with Crippen LogP contribution in [0.1, 0.15) is 28.2 Å². The first-order valence-electron chi connectivity index (χ1n) is 10.6. The van der Waals surface area contributed by atoms with Gasteiger partial charge in [0.05, 0.1) is 16.8 Å². The lowest BCUT2D eigenvalue weighted by Crippen LogP contribution is -2.32. The summed E-state index contributed by atoms with van der Waals surface area (Å²) in [6.45, 7) is 2.88. The Morgan fingerprint density at radius 3 is 2.79 bits per heavy atom. The Morgan fingerprint density at radius 2 is 2.09 bits per heavy atom. The predicted molar refractivity (Wildman–Crippen MR) is 121 cm³/mol. The van der Waals surface area contributed by atoms with Crippen molar-refractivity contribution in [1.82, 2.24) is 24.2 Å². The van der Waals surface area contributed by atoms with Gasteiger partial charge in [-0.3, -0.25) is 14.0 Å². The first-order valence-corrected chi connectivity index (χ1v) is 10.6. The van der Waals surface area contributed by atoms with Crippen molar-refractivity contribution < 1.29 is 9.18 Å². The van der Waals surface area contributed by atoms with Crippen LogP contribution < -0.4 is 5.73 Å². The number of nitrogens with two attached hydrogens (primary N) is 1. The van der Waals surface area contributed by atoms with Gasteiger partial charge in [0.25, 0.3) is 5.91 Å². The Balaban J connectivity index is 1.70. The van der Waals surface area contributed by atoms with E-state index in [0.29, 0.717) is 35.9 Å². The molecular weight excluding hydrogens is 421 g/mol. The van der Waals surface area contributed by atoms with E-state index in [1.165, 1.54) is 12.1 Å². The van der Waals surface area contributed by atoms with Gasteiger partial charge < -0.3 is 10.6 Å². The molecule has 1 aliphatic rings. The Kier molecular flexibility index (Phi) is 4.95. The molecule has 1 amide bonds. The summed E-state index contributed by atoms with van der Waals surface area (Å²) in [7, 11) is 1.85. The maximum atomic E-state index is 14.5. The van der Waals surface area contributed by atoms with Gasteiger partial charge in [0.2, 0.25) is 0 Å². The van der Waals surface area contributed by atoms with E-state index < -0.39 is 5.82 Å². The third kappa shape index (κ3) is 3.54. The fourth-order valence-electron chi connectivity index (χ4n) is 4.35. The molecule has 1 atom stereocenters. The first-order chi connectivity index (χ1) is 15.9. The van der Waals surface area contributed by atoms with Crippen molar-refractivity contribution in [2.45, 2.75) is 19.4 Å². The zero-order chi connectivity index (χ0) is 23.3. The van der Waals surface area contributed by atoms with Gasteiger partial charge >= 0.3 is 0 Å². The van der Waals surface area contributed by atoms with Crippen LogP contribution in [0.4, 0.5) is 4.39 Å². The molecule has 3 heterocycles. The summed E-state index contributed by atoms with van der Waals surface area (Å²) in [6.07, 6.45) is 2.66. The lowest BCUT2D eigenvalue weighted by molar-refractivity contribution is 0.0785. The van der Waals surface area contributed by atoms with Gasteiger partial charge in [-0.15, -0.1) is 0 Å². The zero-order valence-electron chi connectivity index (χ0n) is 18.3. The Bertz CT molecular complexity index is 1450. The van der Waals surface area contributed by atoms with Crippen molar-refractivity contribution in [3.05, 3.63) is 65.4 Å². The number of halogens is 1. The summed E-state index contributed by atoms with van der Waals surface area (Å²) in [4.78, 5) is 19.7. The molecule has 166 valence electrons. The number of hydrogen-bond donors (Lipinski definition) is 1. The zero-order valence-corrected chi connectivity index (χ0v) is 18.3. The van der Waals surface area contributed by atoms with E-state index in [4.69, 9.17) is 11.0 Å². The second-order valence-corrected chi connectivity index (χ2v) is 8.36. The number of nitriles is 1. The summed E-state index contributed by atoms with van der Waals surface area (Å²) < 4.78 is 18.0. The van der Waals surface area contributed by atoms with Gasteiger partial charge in [0.1, 0.15) is 23.4 Å². The predicted octanol–water partition coefficient (Wildman–Crippen LogP) is 2.92. The van der Waals surface area contributed by atoms with Crippen LogP contribution in [0, 0.1) is 24.1 Å². The summed E-state index contributed by atoms with van der Waals surface area (Å²) in [5.74, 6) is -0.424. The number of fused-ring (bicyclic) bond motifs is 1. The summed E-state index contributed by atoms with van der Waals surface area (Å²) in [6, 6.07) is 11.9. The van der Waals surface area contributed by atoms with Gasteiger partial charge in [-0.1, -0.05) is 0 Å². The molecule has 5 rings (SSSR count). The number of likely N-dealkylation sites (tertiary alicyclic amines) is 1. The van der Waals surface area contributed by atoms with Gasteiger partial charge in [-0.25, -0.2) is 9.37 Å². The summed E-state index contributed by atoms with van der Waals surface area (Å²) in [5.41, 5.74) is 8.89. The molecule has 1 fully saturated rings. The molecule has 0 aliphatic carbocycles. The number of carbonyl (C=O) groups is 1. The van der Waals surface area contributed by atoms with Crippen LogP contribution in [0.5, 0.6) is 0 Å². The molecule has 33 heavy (non-hydrogen) atoms. The number of aryl methyl sites for hydroxylation is 1. The minimum atomic E-state index is -0.638. The van der Waals surface area contributed by atoms with Crippen molar-refractivity contribution in [3.63, 3.8) is 0 Å². The van der Waals surface area contributed by atoms with Crippen molar-refractivity contribution in [3.8, 4) is 23.1 Å². The largest absolute Gasteiger partial charge is 0.336 e. The van der Waals surface area contributed by atoms with Crippen LogP contribution in [0.15, 0.2) is 42.6 Å². The average Bonchev–Trinajstić information content (AvgIpc) is 3.48. The highest BCUT2D eigenvalue weighted by Crippen LogP contribution is 2.30. The van der Waals surface area contributed by atoms with Crippen LogP contribution >= 0.6 is 0 Å². The normalized spacial score (nSPS) is 15.8. The highest BCUT2D eigenvalue weighted by atomic mass is 19.1. The van der Waals surface area contributed by atoms with Crippen LogP contribution in [0.3, 0.4) is 0 Å². The minimum Gasteiger partial charge on any atom is -0.336 e. The van der Waals surface area contributed by atoms with Gasteiger partial charge in [0, 0.05) is 49.0 Å². The molecule has 2 aromatic carbocycles. The molecule has 1 saturated heterocycles. The van der Waals surface area contributed by atoms with Gasteiger partial charge in [0.15, 0.2) is 0 Å². The number of carbonyl (C=O) groups excluding carboxylic acids is 1. The molecule has 4 aromatic rings. The van der Waals surface area contributed by atoms with E-state index in [9.17, 15) is 9.18 Å². The fraction of sp³-hybridized carbons (Fsp3) is 0.250. The minimum absolute atomic E-state index is 0.0463. The summed E-state index contributed by atoms with van der Waals surface area (Å²) >= 11 is 0. The highest BCUT2D eigenvalue weighted by molar-refractivity contribution is 5.95. The molecular formula is C24H22FN7O. The number of nitrogens with zero attached hydrogens (tertiary/aromatic N) is 6. The fourth-order valence-corrected chi connectivity index (χ4v) is 4.35. The maximum absolute atomic E-state index is 14.5. The van der Waals surface area contributed by atoms with E-state index in [1.807, 2.05) is 49.0 Å². The van der Waals surface area contributed by atoms with E-state index in [1.54, 1.807) is 15.6 Å². The maximum Gasteiger partial charge on any atom is 0.274 e. The van der Waals surface area contributed by atoms with Crippen LogP contribution in [-0.2, 0) is 7.05 Å². The van der Waals surface area contributed by atoms with Crippen molar-refractivity contribution in [1.29, 1.82) is 5.26 Å². The third-order valence-corrected chi connectivity index (χ3v) is 6.03. The number of aromatic nitrogens is 4. The average molecular weight is 443 g/mol. The number of benzene rings is 2.